The summed E-state index contributed by atoms with van der Waals surface area (Å²) in [5.41, 5.74) is 2.32. The Labute approximate surface area is 119 Å². The van der Waals surface area contributed by atoms with Gasteiger partial charge in [-0.2, -0.15) is 0 Å². The minimum Gasteiger partial charge on any atom is -0.362 e. The Balaban J connectivity index is 1.93. The van der Waals surface area contributed by atoms with Crippen molar-refractivity contribution in [3.05, 3.63) is 40.4 Å². The van der Waals surface area contributed by atoms with E-state index < -0.39 is 0 Å². The van der Waals surface area contributed by atoms with Gasteiger partial charge < -0.3 is 9.47 Å². The molecule has 18 heavy (non-hydrogen) atoms. The van der Waals surface area contributed by atoms with Crippen LogP contribution in [0.2, 0.25) is 0 Å². The third kappa shape index (κ3) is 2.12. The van der Waals surface area contributed by atoms with Crippen molar-refractivity contribution in [2.75, 3.05) is 11.4 Å². The molecule has 0 N–H and O–H groups in total. The van der Waals surface area contributed by atoms with Crippen molar-refractivity contribution in [3.8, 4) is 0 Å². The highest BCUT2D eigenvalue weighted by Gasteiger charge is 2.19. The molecule has 1 aliphatic heterocycles. The van der Waals surface area contributed by atoms with E-state index in [0.717, 1.165) is 35.5 Å². The van der Waals surface area contributed by atoms with Crippen LogP contribution >= 0.6 is 27.5 Å². The Kier molecular flexibility index (Phi) is 3.26. The highest BCUT2D eigenvalue weighted by Crippen LogP contribution is 2.28. The lowest BCUT2D eigenvalue weighted by Gasteiger charge is -2.30. The lowest BCUT2D eigenvalue weighted by Crippen LogP contribution is -2.34. The molecule has 0 amide bonds. The molecule has 0 spiro atoms. The van der Waals surface area contributed by atoms with Gasteiger partial charge in [-0.15, -0.1) is 21.8 Å². The van der Waals surface area contributed by atoms with Crippen molar-refractivity contribution >= 4 is 33.2 Å². The van der Waals surface area contributed by atoms with Gasteiger partial charge in [0.1, 0.15) is 6.33 Å². The van der Waals surface area contributed by atoms with Gasteiger partial charge in [-0.1, -0.05) is 15.9 Å². The first kappa shape index (κ1) is 12.0. The van der Waals surface area contributed by atoms with Crippen LogP contribution < -0.4 is 4.90 Å². The SMILES string of the molecule is ClCc1cc(Br)ccc1N1CCn2cnnc2C1. The fourth-order valence-electron chi connectivity index (χ4n) is 2.24. The molecular weight excluding hydrogens is 316 g/mol. The zero-order valence-corrected chi connectivity index (χ0v) is 12.0. The van der Waals surface area contributed by atoms with Crippen molar-refractivity contribution < 1.29 is 0 Å². The highest BCUT2D eigenvalue weighted by molar-refractivity contribution is 9.10. The molecule has 1 aliphatic rings. The monoisotopic (exact) mass is 326 g/mol. The average molecular weight is 328 g/mol. The normalized spacial score (nSPS) is 14.7. The van der Waals surface area contributed by atoms with Crippen molar-refractivity contribution in [1.82, 2.24) is 14.8 Å². The first-order valence-corrected chi connectivity index (χ1v) is 7.06. The Bertz CT molecular complexity index is 569. The van der Waals surface area contributed by atoms with Gasteiger partial charge in [0.05, 0.1) is 6.54 Å². The maximum Gasteiger partial charge on any atom is 0.152 e. The quantitative estimate of drug-likeness (QED) is 0.795. The molecule has 0 atom stereocenters. The minimum atomic E-state index is 0.512. The van der Waals surface area contributed by atoms with Gasteiger partial charge in [-0.25, -0.2) is 0 Å². The molecule has 4 nitrogen and oxygen atoms in total. The molecule has 0 saturated heterocycles. The summed E-state index contributed by atoms with van der Waals surface area (Å²) in [6.45, 7) is 2.65. The van der Waals surface area contributed by atoms with Crippen LogP contribution in [0.3, 0.4) is 0 Å². The summed E-state index contributed by atoms with van der Waals surface area (Å²) in [6.07, 6.45) is 1.79. The Morgan fingerprint density at radius 3 is 3.06 bits per heavy atom. The third-order valence-electron chi connectivity index (χ3n) is 3.17. The number of fused-ring (bicyclic) bond motifs is 1. The molecule has 0 bridgehead atoms. The molecule has 1 aromatic carbocycles. The van der Waals surface area contributed by atoms with Crippen LogP contribution in [0.15, 0.2) is 29.0 Å². The molecule has 0 radical (unpaired) electrons. The zero-order chi connectivity index (χ0) is 12.5. The Hall–Kier alpha value is -1.07. The van der Waals surface area contributed by atoms with Crippen molar-refractivity contribution in [2.45, 2.75) is 19.0 Å². The molecule has 0 fully saturated rings. The fourth-order valence-corrected chi connectivity index (χ4v) is 2.86. The number of anilines is 1. The van der Waals surface area contributed by atoms with Crippen LogP contribution in [0.25, 0.3) is 0 Å². The van der Waals surface area contributed by atoms with Crippen molar-refractivity contribution in [1.29, 1.82) is 0 Å². The maximum atomic E-state index is 6.02. The maximum absolute atomic E-state index is 6.02. The van der Waals surface area contributed by atoms with Crippen LogP contribution in [0.4, 0.5) is 5.69 Å². The number of halogens is 2. The highest BCUT2D eigenvalue weighted by atomic mass is 79.9. The fraction of sp³-hybridized carbons (Fsp3) is 0.333. The predicted octanol–water partition coefficient (Wildman–Crippen LogP) is 2.80. The second-order valence-electron chi connectivity index (χ2n) is 4.27. The molecular formula is C12H12BrClN4. The number of aromatic nitrogens is 3. The lowest BCUT2D eigenvalue weighted by molar-refractivity contribution is 0.559. The van der Waals surface area contributed by atoms with Crippen LogP contribution in [-0.2, 0) is 19.0 Å². The first-order valence-electron chi connectivity index (χ1n) is 5.74. The summed E-state index contributed by atoms with van der Waals surface area (Å²) in [5, 5.41) is 8.08. The van der Waals surface area contributed by atoms with E-state index in [9.17, 15) is 0 Å². The van der Waals surface area contributed by atoms with Crippen LogP contribution in [-0.4, -0.2) is 21.3 Å². The Morgan fingerprint density at radius 1 is 1.33 bits per heavy atom. The number of alkyl halides is 1. The van der Waals surface area contributed by atoms with Gasteiger partial charge in [-0.3, -0.25) is 0 Å². The van der Waals surface area contributed by atoms with E-state index in [2.05, 4.69) is 47.7 Å². The average Bonchev–Trinajstić information content (AvgIpc) is 2.85. The number of benzene rings is 1. The molecule has 0 unspecified atom stereocenters. The van der Waals surface area contributed by atoms with Gasteiger partial charge in [0.2, 0.25) is 0 Å². The molecule has 0 aliphatic carbocycles. The summed E-state index contributed by atoms with van der Waals surface area (Å²) in [6, 6.07) is 6.22. The van der Waals surface area contributed by atoms with E-state index in [1.54, 1.807) is 6.33 Å². The Morgan fingerprint density at radius 2 is 2.22 bits per heavy atom. The van der Waals surface area contributed by atoms with E-state index >= 15 is 0 Å². The van der Waals surface area contributed by atoms with Crippen molar-refractivity contribution in [3.63, 3.8) is 0 Å². The zero-order valence-electron chi connectivity index (χ0n) is 9.68. The summed E-state index contributed by atoms with van der Waals surface area (Å²) in [4.78, 5) is 2.30. The number of rotatable bonds is 2. The van der Waals surface area contributed by atoms with E-state index in [1.807, 2.05) is 6.07 Å². The summed E-state index contributed by atoms with van der Waals surface area (Å²) >= 11 is 9.50. The molecule has 3 rings (SSSR count). The molecule has 2 aromatic rings. The molecule has 0 saturated carbocycles. The summed E-state index contributed by atoms with van der Waals surface area (Å²) in [7, 11) is 0. The summed E-state index contributed by atoms with van der Waals surface area (Å²) in [5.74, 6) is 1.52. The van der Waals surface area contributed by atoms with Gasteiger partial charge in [0, 0.05) is 29.1 Å². The third-order valence-corrected chi connectivity index (χ3v) is 3.95. The minimum absolute atomic E-state index is 0.512. The number of hydrogen-bond acceptors (Lipinski definition) is 3. The van der Waals surface area contributed by atoms with Gasteiger partial charge in [0.15, 0.2) is 5.82 Å². The smallest absolute Gasteiger partial charge is 0.152 e. The molecule has 6 heteroatoms. The van der Waals surface area contributed by atoms with E-state index in [4.69, 9.17) is 11.6 Å². The van der Waals surface area contributed by atoms with E-state index in [1.165, 1.54) is 5.69 Å². The van der Waals surface area contributed by atoms with Gasteiger partial charge in [-0.05, 0) is 23.8 Å². The van der Waals surface area contributed by atoms with Crippen LogP contribution in [0.5, 0.6) is 0 Å². The topological polar surface area (TPSA) is 34.0 Å². The standard InChI is InChI=1S/C12H12BrClN4/c13-10-1-2-11(9(5-10)6-14)17-3-4-18-8-15-16-12(18)7-17/h1-2,5,8H,3-4,6-7H2. The van der Waals surface area contributed by atoms with Crippen LogP contribution in [0, 0.1) is 0 Å². The predicted molar refractivity (Wildman–Crippen MR) is 74.8 cm³/mol. The lowest BCUT2D eigenvalue weighted by atomic mass is 10.1. The molecule has 2 heterocycles. The van der Waals surface area contributed by atoms with E-state index in [0.29, 0.717) is 5.88 Å². The second kappa shape index (κ2) is 4.90. The van der Waals surface area contributed by atoms with Gasteiger partial charge in [0.25, 0.3) is 0 Å². The molecule has 1 aromatic heterocycles. The molecule has 94 valence electrons. The number of hydrogen-bond donors (Lipinski definition) is 0. The van der Waals surface area contributed by atoms with Gasteiger partial charge >= 0.3 is 0 Å². The van der Waals surface area contributed by atoms with Crippen molar-refractivity contribution in [2.24, 2.45) is 0 Å². The van der Waals surface area contributed by atoms with E-state index in [-0.39, 0.29) is 0 Å². The second-order valence-corrected chi connectivity index (χ2v) is 5.45. The largest absolute Gasteiger partial charge is 0.362 e. The first-order chi connectivity index (χ1) is 8.78. The van der Waals surface area contributed by atoms with Crippen LogP contribution in [0.1, 0.15) is 11.4 Å². The summed E-state index contributed by atoms with van der Waals surface area (Å²) < 4.78 is 3.15. The number of nitrogens with zero attached hydrogens (tertiary/aromatic N) is 4.